The lowest BCUT2D eigenvalue weighted by molar-refractivity contribution is -0.148. The Hall–Kier alpha value is -1.59. The van der Waals surface area contributed by atoms with Crippen LogP contribution in [0.3, 0.4) is 0 Å². The predicted octanol–water partition coefficient (Wildman–Crippen LogP) is 2.18. The summed E-state index contributed by atoms with van der Waals surface area (Å²) in [4.78, 5) is 23.0. The van der Waals surface area contributed by atoms with Crippen LogP contribution in [0.15, 0.2) is 18.2 Å². The first-order chi connectivity index (χ1) is 9.43. The molecule has 1 fully saturated rings. The summed E-state index contributed by atoms with van der Waals surface area (Å²) in [5.74, 6) is -1.17. The van der Waals surface area contributed by atoms with Gasteiger partial charge in [0.1, 0.15) is 5.54 Å². The van der Waals surface area contributed by atoms with E-state index in [-0.39, 0.29) is 12.5 Å². The average Bonchev–Trinajstić information content (AvgIpc) is 2.32. The molecule has 20 heavy (non-hydrogen) atoms. The first kappa shape index (κ1) is 14.8. The molecule has 5 nitrogen and oxygen atoms in total. The van der Waals surface area contributed by atoms with Crippen molar-refractivity contribution in [1.82, 2.24) is 5.32 Å². The van der Waals surface area contributed by atoms with Crippen molar-refractivity contribution in [2.75, 3.05) is 11.9 Å². The fourth-order valence-electron chi connectivity index (χ4n) is 2.12. The molecule has 1 aliphatic rings. The summed E-state index contributed by atoms with van der Waals surface area (Å²) in [5, 5.41) is 15.2. The third-order valence-electron chi connectivity index (χ3n) is 3.66. The summed E-state index contributed by atoms with van der Waals surface area (Å²) >= 11 is 5.98. The van der Waals surface area contributed by atoms with Gasteiger partial charge in [0.15, 0.2) is 0 Å². The smallest absolute Gasteiger partial charge is 0.323 e. The topological polar surface area (TPSA) is 78.4 Å². The van der Waals surface area contributed by atoms with Crippen LogP contribution in [-0.4, -0.2) is 29.1 Å². The Morgan fingerprint density at radius 1 is 1.40 bits per heavy atom. The Labute approximate surface area is 122 Å². The van der Waals surface area contributed by atoms with E-state index in [0.29, 0.717) is 23.6 Å². The molecule has 0 aromatic heterocycles. The number of carbonyl (C=O) groups excluding carboxylic acids is 1. The van der Waals surface area contributed by atoms with Crippen LogP contribution in [-0.2, 0) is 9.59 Å². The molecule has 0 aliphatic heterocycles. The fourth-order valence-corrected chi connectivity index (χ4v) is 2.30. The second-order valence-electron chi connectivity index (χ2n) is 5.11. The molecule has 1 aromatic rings. The lowest BCUT2D eigenvalue weighted by atomic mass is 9.77. The van der Waals surface area contributed by atoms with Crippen LogP contribution in [0.4, 0.5) is 5.69 Å². The predicted molar refractivity (Wildman–Crippen MR) is 77.0 cm³/mol. The number of aliphatic carboxylic acids is 1. The van der Waals surface area contributed by atoms with Gasteiger partial charge in [0.2, 0.25) is 5.91 Å². The van der Waals surface area contributed by atoms with Gasteiger partial charge < -0.3 is 10.4 Å². The van der Waals surface area contributed by atoms with Crippen molar-refractivity contribution in [3.05, 3.63) is 28.8 Å². The number of carbonyl (C=O) groups is 2. The quantitative estimate of drug-likeness (QED) is 0.778. The van der Waals surface area contributed by atoms with Crippen LogP contribution in [0.2, 0.25) is 5.02 Å². The highest BCUT2D eigenvalue weighted by molar-refractivity contribution is 6.31. The molecule has 6 heteroatoms. The normalized spacial score (nSPS) is 16.3. The molecule has 3 N–H and O–H groups in total. The number of carboxylic acid groups (broad SMARTS) is 1. The standard InChI is InChI=1S/C14H17ClN2O3/c1-9-3-4-10(7-11(9)15)17-12(18)8-16-14(13(19)20)5-2-6-14/h3-4,7,16H,2,5-6,8H2,1H3,(H,17,18)(H,19,20). The molecule has 0 radical (unpaired) electrons. The first-order valence-corrected chi connectivity index (χ1v) is 6.85. The van der Waals surface area contributed by atoms with Crippen LogP contribution in [0.1, 0.15) is 24.8 Å². The second-order valence-corrected chi connectivity index (χ2v) is 5.51. The molecule has 0 unspecified atom stereocenters. The van der Waals surface area contributed by atoms with Crippen LogP contribution in [0.25, 0.3) is 0 Å². The van der Waals surface area contributed by atoms with Gasteiger partial charge in [0.25, 0.3) is 0 Å². The van der Waals surface area contributed by atoms with Crippen LogP contribution >= 0.6 is 11.6 Å². The van der Waals surface area contributed by atoms with Crippen molar-refractivity contribution in [2.24, 2.45) is 0 Å². The van der Waals surface area contributed by atoms with Gasteiger partial charge in [-0.25, -0.2) is 0 Å². The molecule has 0 bridgehead atoms. The lowest BCUT2D eigenvalue weighted by Crippen LogP contribution is -2.58. The SMILES string of the molecule is Cc1ccc(NC(=O)CNC2(C(=O)O)CCC2)cc1Cl. The van der Waals surface area contributed by atoms with Crippen LogP contribution < -0.4 is 10.6 Å². The van der Waals surface area contributed by atoms with E-state index in [9.17, 15) is 9.59 Å². The molecule has 0 atom stereocenters. The Balaban J connectivity index is 1.89. The van der Waals surface area contributed by atoms with Gasteiger partial charge in [-0.3, -0.25) is 14.9 Å². The zero-order valence-corrected chi connectivity index (χ0v) is 12.0. The van der Waals surface area contributed by atoms with E-state index < -0.39 is 11.5 Å². The van der Waals surface area contributed by atoms with Crippen molar-refractivity contribution in [3.63, 3.8) is 0 Å². The zero-order chi connectivity index (χ0) is 14.8. The summed E-state index contributed by atoms with van der Waals surface area (Å²) in [6, 6.07) is 5.25. The highest BCUT2D eigenvalue weighted by Crippen LogP contribution is 2.31. The molecule has 0 spiro atoms. The maximum absolute atomic E-state index is 11.8. The van der Waals surface area contributed by atoms with Crippen LogP contribution in [0.5, 0.6) is 0 Å². The summed E-state index contributed by atoms with van der Waals surface area (Å²) in [6.45, 7) is 1.85. The van der Waals surface area contributed by atoms with E-state index in [1.54, 1.807) is 12.1 Å². The van der Waals surface area contributed by atoms with Gasteiger partial charge in [0, 0.05) is 10.7 Å². The maximum atomic E-state index is 11.8. The molecular weight excluding hydrogens is 280 g/mol. The molecule has 1 saturated carbocycles. The summed E-state index contributed by atoms with van der Waals surface area (Å²) < 4.78 is 0. The van der Waals surface area contributed by atoms with Gasteiger partial charge in [-0.1, -0.05) is 17.7 Å². The molecule has 0 heterocycles. The van der Waals surface area contributed by atoms with Crippen molar-refractivity contribution in [2.45, 2.75) is 31.7 Å². The van der Waals surface area contributed by atoms with Gasteiger partial charge in [-0.2, -0.15) is 0 Å². The van der Waals surface area contributed by atoms with Gasteiger partial charge in [0.05, 0.1) is 6.54 Å². The number of aryl methyl sites for hydroxylation is 1. The average molecular weight is 297 g/mol. The Morgan fingerprint density at radius 3 is 2.60 bits per heavy atom. The molecule has 1 amide bonds. The van der Waals surface area contributed by atoms with Gasteiger partial charge >= 0.3 is 5.97 Å². The number of nitrogens with one attached hydrogen (secondary N) is 2. The maximum Gasteiger partial charge on any atom is 0.323 e. The van der Waals surface area contributed by atoms with Crippen molar-refractivity contribution in [1.29, 1.82) is 0 Å². The first-order valence-electron chi connectivity index (χ1n) is 6.47. The highest BCUT2D eigenvalue weighted by Gasteiger charge is 2.44. The number of benzene rings is 1. The summed E-state index contributed by atoms with van der Waals surface area (Å²) in [5.41, 5.74) is 0.606. The molecule has 1 aromatic carbocycles. The third-order valence-corrected chi connectivity index (χ3v) is 4.07. The van der Waals surface area contributed by atoms with Crippen molar-refractivity contribution >= 4 is 29.2 Å². The number of carboxylic acids is 1. The van der Waals surface area contributed by atoms with E-state index in [0.717, 1.165) is 12.0 Å². The number of amides is 1. The minimum absolute atomic E-state index is 0.0300. The van der Waals surface area contributed by atoms with E-state index in [1.807, 2.05) is 13.0 Å². The van der Waals surface area contributed by atoms with E-state index in [2.05, 4.69) is 10.6 Å². The molecule has 1 aliphatic carbocycles. The molecule has 2 rings (SSSR count). The Bertz CT molecular complexity index is 541. The largest absolute Gasteiger partial charge is 0.480 e. The zero-order valence-electron chi connectivity index (χ0n) is 11.2. The number of rotatable bonds is 5. The van der Waals surface area contributed by atoms with Crippen molar-refractivity contribution in [3.8, 4) is 0 Å². The third kappa shape index (κ3) is 3.11. The van der Waals surface area contributed by atoms with Gasteiger partial charge in [-0.15, -0.1) is 0 Å². The summed E-state index contributed by atoms with van der Waals surface area (Å²) in [6.07, 6.45) is 1.99. The Morgan fingerprint density at radius 2 is 2.10 bits per heavy atom. The highest BCUT2D eigenvalue weighted by atomic mass is 35.5. The van der Waals surface area contributed by atoms with Gasteiger partial charge in [-0.05, 0) is 43.9 Å². The summed E-state index contributed by atoms with van der Waals surface area (Å²) in [7, 11) is 0. The number of hydrogen-bond acceptors (Lipinski definition) is 3. The lowest BCUT2D eigenvalue weighted by Gasteiger charge is -2.38. The monoisotopic (exact) mass is 296 g/mol. The van der Waals surface area contributed by atoms with E-state index in [4.69, 9.17) is 16.7 Å². The number of hydrogen-bond donors (Lipinski definition) is 3. The molecule has 0 saturated heterocycles. The number of halogens is 1. The fraction of sp³-hybridized carbons (Fsp3) is 0.429. The molecule has 108 valence electrons. The minimum atomic E-state index is -0.928. The molecular formula is C14H17ClN2O3. The number of anilines is 1. The minimum Gasteiger partial charge on any atom is -0.480 e. The second kappa shape index (κ2) is 5.81. The van der Waals surface area contributed by atoms with E-state index >= 15 is 0 Å². The Kier molecular flexibility index (Phi) is 4.30. The van der Waals surface area contributed by atoms with E-state index in [1.165, 1.54) is 0 Å². The van der Waals surface area contributed by atoms with Crippen LogP contribution in [0, 0.1) is 6.92 Å². The van der Waals surface area contributed by atoms with Crippen molar-refractivity contribution < 1.29 is 14.7 Å².